The van der Waals surface area contributed by atoms with Crippen molar-refractivity contribution in [3.63, 3.8) is 0 Å². The molecule has 0 heterocycles. The van der Waals surface area contributed by atoms with Crippen LogP contribution in [0.5, 0.6) is 11.5 Å². The molecule has 2 aromatic rings. The highest BCUT2D eigenvalue weighted by Crippen LogP contribution is 2.25. The zero-order chi connectivity index (χ0) is 17.4. The van der Waals surface area contributed by atoms with E-state index in [1.54, 1.807) is 14.2 Å². The predicted molar refractivity (Wildman–Crippen MR) is 95.7 cm³/mol. The summed E-state index contributed by atoms with van der Waals surface area (Å²) < 4.78 is 10.4. The monoisotopic (exact) mass is 328 g/mol. The number of carbonyl (C=O) groups excluding carboxylic acids is 1. The normalized spacial score (nSPS) is 10.3. The van der Waals surface area contributed by atoms with Crippen LogP contribution in [0.3, 0.4) is 0 Å². The minimum Gasteiger partial charge on any atom is -0.497 e. The summed E-state index contributed by atoms with van der Waals surface area (Å²) in [5.74, 6) is 1.46. The highest BCUT2D eigenvalue weighted by molar-refractivity contribution is 5.92. The second-order valence-corrected chi connectivity index (χ2v) is 5.53. The van der Waals surface area contributed by atoms with Crippen LogP contribution < -0.4 is 20.1 Å². The van der Waals surface area contributed by atoms with Gasteiger partial charge < -0.3 is 20.1 Å². The van der Waals surface area contributed by atoms with Crippen molar-refractivity contribution in [3.05, 3.63) is 53.6 Å². The molecule has 5 nitrogen and oxygen atoms in total. The molecule has 24 heavy (non-hydrogen) atoms. The zero-order valence-electron chi connectivity index (χ0n) is 14.4. The number of benzene rings is 2. The van der Waals surface area contributed by atoms with E-state index in [-0.39, 0.29) is 5.91 Å². The molecule has 0 radical (unpaired) electrons. The summed E-state index contributed by atoms with van der Waals surface area (Å²) in [5, 5.41) is 6.16. The average Bonchev–Trinajstić information content (AvgIpc) is 2.59. The van der Waals surface area contributed by atoms with Gasteiger partial charge in [0.25, 0.3) is 0 Å². The molecule has 2 rings (SSSR count). The van der Waals surface area contributed by atoms with Gasteiger partial charge in [0.1, 0.15) is 11.5 Å². The van der Waals surface area contributed by atoms with Crippen LogP contribution in [-0.2, 0) is 11.3 Å². The fourth-order valence-electron chi connectivity index (χ4n) is 2.31. The molecule has 1 amide bonds. The summed E-state index contributed by atoms with van der Waals surface area (Å²) in [5.41, 5.74) is 2.93. The smallest absolute Gasteiger partial charge is 0.225 e. The van der Waals surface area contributed by atoms with Crippen molar-refractivity contribution in [2.24, 2.45) is 0 Å². The van der Waals surface area contributed by atoms with Gasteiger partial charge in [-0.25, -0.2) is 0 Å². The molecule has 0 saturated heterocycles. The number of amides is 1. The number of aryl methyl sites for hydroxylation is 1. The Balaban J connectivity index is 1.76. The van der Waals surface area contributed by atoms with Gasteiger partial charge in [0.15, 0.2) is 0 Å². The van der Waals surface area contributed by atoms with Gasteiger partial charge >= 0.3 is 0 Å². The van der Waals surface area contributed by atoms with E-state index in [4.69, 9.17) is 9.47 Å². The standard InChI is InChI=1S/C19H24N2O3/c1-14-4-9-18(24-3)17(12-14)21-19(22)10-11-20-13-15-5-7-16(23-2)8-6-15/h4-9,12,20H,10-11,13H2,1-3H3,(H,21,22). The first kappa shape index (κ1) is 17.8. The topological polar surface area (TPSA) is 59.6 Å². The van der Waals surface area contributed by atoms with E-state index in [1.807, 2.05) is 49.4 Å². The number of carbonyl (C=O) groups is 1. The summed E-state index contributed by atoms with van der Waals surface area (Å²) in [6, 6.07) is 13.6. The maximum absolute atomic E-state index is 12.1. The van der Waals surface area contributed by atoms with Crippen molar-refractivity contribution in [2.45, 2.75) is 19.9 Å². The minimum atomic E-state index is -0.0406. The van der Waals surface area contributed by atoms with Crippen molar-refractivity contribution in [1.29, 1.82) is 0 Å². The molecular weight excluding hydrogens is 304 g/mol. The molecule has 0 aliphatic heterocycles. The van der Waals surface area contributed by atoms with Gasteiger partial charge in [-0.1, -0.05) is 18.2 Å². The maximum Gasteiger partial charge on any atom is 0.225 e. The number of hydrogen-bond donors (Lipinski definition) is 2. The van der Waals surface area contributed by atoms with E-state index in [0.29, 0.717) is 30.9 Å². The lowest BCUT2D eigenvalue weighted by Crippen LogP contribution is -2.21. The van der Waals surface area contributed by atoms with Crippen LogP contribution in [0.2, 0.25) is 0 Å². The third-order valence-electron chi connectivity index (χ3n) is 3.65. The SMILES string of the molecule is COc1ccc(CNCCC(=O)Nc2cc(C)ccc2OC)cc1. The maximum atomic E-state index is 12.1. The summed E-state index contributed by atoms with van der Waals surface area (Å²) >= 11 is 0. The lowest BCUT2D eigenvalue weighted by Gasteiger charge is -2.11. The number of rotatable bonds is 8. The summed E-state index contributed by atoms with van der Waals surface area (Å²) in [6.45, 7) is 3.29. The number of hydrogen-bond acceptors (Lipinski definition) is 4. The number of ether oxygens (including phenoxy) is 2. The van der Waals surface area contributed by atoms with Gasteiger partial charge in [-0.2, -0.15) is 0 Å². The zero-order valence-corrected chi connectivity index (χ0v) is 14.4. The summed E-state index contributed by atoms with van der Waals surface area (Å²) in [4.78, 5) is 12.1. The third kappa shape index (κ3) is 5.28. The van der Waals surface area contributed by atoms with E-state index in [2.05, 4.69) is 10.6 Å². The number of methoxy groups -OCH3 is 2. The Morgan fingerprint density at radius 2 is 1.79 bits per heavy atom. The van der Waals surface area contributed by atoms with Crippen molar-refractivity contribution in [2.75, 3.05) is 26.1 Å². The van der Waals surface area contributed by atoms with E-state index in [1.165, 1.54) is 0 Å². The molecular formula is C19H24N2O3. The molecule has 0 fully saturated rings. The second kappa shape index (κ2) is 8.93. The highest BCUT2D eigenvalue weighted by atomic mass is 16.5. The summed E-state index contributed by atoms with van der Waals surface area (Å²) in [6.07, 6.45) is 0.396. The fourth-order valence-corrected chi connectivity index (χ4v) is 2.31. The molecule has 0 atom stereocenters. The number of anilines is 1. The third-order valence-corrected chi connectivity index (χ3v) is 3.65. The second-order valence-electron chi connectivity index (χ2n) is 5.53. The van der Waals surface area contributed by atoms with Crippen molar-refractivity contribution >= 4 is 11.6 Å². The molecule has 0 saturated carbocycles. The fraction of sp³-hybridized carbons (Fsp3) is 0.316. The molecule has 0 aromatic heterocycles. The minimum absolute atomic E-state index is 0.0406. The van der Waals surface area contributed by atoms with Crippen LogP contribution in [0.25, 0.3) is 0 Å². The Morgan fingerprint density at radius 3 is 2.46 bits per heavy atom. The van der Waals surface area contributed by atoms with E-state index in [0.717, 1.165) is 16.9 Å². The van der Waals surface area contributed by atoms with Crippen LogP contribution in [0.4, 0.5) is 5.69 Å². The van der Waals surface area contributed by atoms with Gasteiger partial charge in [0.05, 0.1) is 19.9 Å². The lowest BCUT2D eigenvalue weighted by molar-refractivity contribution is -0.116. The molecule has 128 valence electrons. The molecule has 2 aromatic carbocycles. The Bertz CT molecular complexity index is 669. The van der Waals surface area contributed by atoms with E-state index in [9.17, 15) is 4.79 Å². The van der Waals surface area contributed by atoms with Crippen molar-refractivity contribution in [3.8, 4) is 11.5 Å². The lowest BCUT2D eigenvalue weighted by atomic mass is 10.2. The van der Waals surface area contributed by atoms with Gasteiger partial charge in [0, 0.05) is 19.5 Å². The van der Waals surface area contributed by atoms with Gasteiger partial charge in [-0.15, -0.1) is 0 Å². The van der Waals surface area contributed by atoms with Crippen LogP contribution in [0.15, 0.2) is 42.5 Å². The highest BCUT2D eigenvalue weighted by Gasteiger charge is 2.07. The largest absolute Gasteiger partial charge is 0.497 e. The first-order valence-electron chi connectivity index (χ1n) is 7.90. The first-order chi connectivity index (χ1) is 11.6. The molecule has 5 heteroatoms. The average molecular weight is 328 g/mol. The quantitative estimate of drug-likeness (QED) is 0.731. The molecule has 0 aliphatic rings. The van der Waals surface area contributed by atoms with E-state index < -0.39 is 0 Å². The van der Waals surface area contributed by atoms with Gasteiger partial charge in [0.2, 0.25) is 5.91 Å². The predicted octanol–water partition coefficient (Wildman–Crippen LogP) is 3.13. The van der Waals surface area contributed by atoms with E-state index >= 15 is 0 Å². The van der Waals surface area contributed by atoms with Gasteiger partial charge in [-0.05, 0) is 42.3 Å². The Labute approximate surface area is 143 Å². The molecule has 0 spiro atoms. The summed E-state index contributed by atoms with van der Waals surface area (Å²) in [7, 11) is 3.24. The van der Waals surface area contributed by atoms with Gasteiger partial charge in [-0.3, -0.25) is 4.79 Å². The molecule has 0 unspecified atom stereocenters. The molecule has 0 aliphatic carbocycles. The van der Waals surface area contributed by atoms with Crippen LogP contribution in [0.1, 0.15) is 17.5 Å². The van der Waals surface area contributed by atoms with Crippen LogP contribution in [0, 0.1) is 6.92 Å². The van der Waals surface area contributed by atoms with Crippen LogP contribution >= 0.6 is 0 Å². The molecule has 2 N–H and O–H groups in total. The Hall–Kier alpha value is -2.53. The van der Waals surface area contributed by atoms with Crippen molar-refractivity contribution < 1.29 is 14.3 Å². The first-order valence-corrected chi connectivity index (χ1v) is 7.90. The number of nitrogens with one attached hydrogen (secondary N) is 2. The Morgan fingerprint density at radius 1 is 1.04 bits per heavy atom. The van der Waals surface area contributed by atoms with Crippen LogP contribution in [-0.4, -0.2) is 26.7 Å². The molecule has 0 bridgehead atoms. The van der Waals surface area contributed by atoms with Crippen molar-refractivity contribution in [1.82, 2.24) is 5.32 Å². The Kier molecular flexibility index (Phi) is 6.63.